The van der Waals surface area contributed by atoms with Gasteiger partial charge in [-0.3, -0.25) is 0 Å². The van der Waals surface area contributed by atoms with E-state index >= 15 is 0 Å². The molecule has 0 atom stereocenters. The zero-order valence-electron chi connectivity index (χ0n) is 8.78. The molecule has 2 rings (SSSR count). The van der Waals surface area contributed by atoms with Crippen molar-refractivity contribution in [3.8, 4) is 0 Å². The lowest BCUT2D eigenvalue weighted by Gasteiger charge is -2.06. The second-order valence-corrected chi connectivity index (χ2v) is 5.14. The zero-order chi connectivity index (χ0) is 12.1. The third-order valence-electron chi connectivity index (χ3n) is 2.09. The number of hydrogen-bond acceptors (Lipinski definition) is 6. The van der Waals surface area contributed by atoms with Gasteiger partial charge < -0.3 is 10.9 Å². The van der Waals surface area contributed by atoms with Crippen LogP contribution >= 0.6 is 23.3 Å². The van der Waals surface area contributed by atoms with E-state index in [0.29, 0.717) is 5.75 Å². The Hall–Kier alpha value is -1.60. The first-order valence-corrected chi connectivity index (χ1v) is 6.52. The molecule has 5 nitrogen and oxygen atoms in total. The normalized spacial score (nSPS) is 11.6. The fraction of sp³-hybridized carbons (Fsp3) is 0.100. The minimum absolute atomic E-state index is 0.124. The minimum atomic E-state index is 0.124. The van der Waals surface area contributed by atoms with Crippen LogP contribution in [0.2, 0.25) is 0 Å². The molecule has 2 aromatic rings. The molecule has 0 spiro atoms. The van der Waals surface area contributed by atoms with Crippen LogP contribution in [0.25, 0.3) is 0 Å². The Morgan fingerprint density at radius 2 is 2.29 bits per heavy atom. The molecule has 0 amide bonds. The van der Waals surface area contributed by atoms with E-state index in [1.807, 2.05) is 24.3 Å². The number of aromatic nitrogens is 2. The highest BCUT2D eigenvalue weighted by atomic mass is 32.2. The molecule has 0 aliphatic heterocycles. The highest BCUT2D eigenvalue weighted by molar-refractivity contribution is 8.00. The summed E-state index contributed by atoms with van der Waals surface area (Å²) in [5.74, 6) is 0.833. The van der Waals surface area contributed by atoms with Crippen LogP contribution in [0.15, 0.2) is 40.1 Å². The molecule has 1 aromatic carbocycles. The molecule has 88 valence electrons. The van der Waals surface area contributed by atoms with Crippen molar-refractivity contribution in [1.29, 1.82) is 0 Å². The SMILES string of the molecule is NC(=NO)c1ccccc1CSc1ncns1. The molecule has 1 aromatic heterocycles. The smallest absolute Gasteiger partial charge is 0.170 e. The van der Waals surface area contributed by atoms with Gasteiger partial charge >= 0.3 is 0 Å². The highest BCUT2D eigenvalue weighted by Gasteiger charge is 2.07. The summed E-state index contributed by atoms with van der Waals surface area (Å²) in [4.78, 5) is 4.09. The Balaban J connectivity index is 2.15. The van der Waals surface area contributed by atoms with Gasteiger partial charge in [0.25, 0.3) is 0 Å². The Labute approximate surface area is 107 Å². The lowest BCUT2D eigenvalue weighted by molar-refractivity contribution is 0.318. The predicted molar refractivity (Wildman–Crippen MR) is 68.4 cm³/mol. The van der Waals surface area contributed by atoms with Crippen molar-refractivity contribution in [3.05, 3.63) is 41.7 Å². The molecule has 0 saturated carbocycles. The number of nitrogens with zero attached hydrogens (tertiary/aromatic N) is 3. The average molecular weight is 266 g/mol. The Kier molecular flexibility index (Phi) is 3.94. The lowest BCUT2D eigenvalue weighted by atomic mass is 10.1. The van der Waals surface area contributed by atoms with Crippen LogP contribution in [-0.2, 0) is 5.75 Å². The summed E-state index contributed by atoms with van der Waals surface area (Å²) < 4.78 is 4.83. The number of rotatable bonds is 4. The summed E-state index contributed by atoms with van der Waals surface area (Å²) in [6.07, 6.45) is 1.53. The molecular formula is C10H10N4OS2. The predicted octanol–water partition coefficient (Wildman–Crippen LogP) is 1.92. The van der Waals surface area contributed by atoms with Gasteiger partial charge in [-0.2, -0.15) is 4.37 Å². The van der Waals surface area contributed by atoms with E-state index in [9.17, 15) is 0 Å². The van der Waals surface area contributed by atoms with Crippen LogP contribution in [0.4, 0.5) is 0 Å². The van der Waals surface area contributed by atoms with Gasteiger partial charge in [0.2, 0.25) is 0 Å². The number of nitrogens with two attached hydrogens (primary N) is 1. The standard InChI is InChI=1S/C10H10N4OS2/c11-9(14-15)8-4-2-1-3-7(8)5-16-10-12-6-13-17-10/h1-4,6,15H,5H2,(H2,11,14). The molecule has 0 fully saturated rings. The maximum Gasteiger partial charge on any atom is 0.170 e. The van der Waals surface area contributed by atoms with E-state index in [1.54, 1.807) is 11.8 Å². The fourth-order valence-corrected chi connectivity index (χ4v) is 2.76. The Morgan fingerprint density at radius 3 is 3.00 bits per heavy atom. The van der Waals surface area contributed by atoms with Gasteiger partial charge in [-0.25, -0.2) is 4.98 Å². The molecular weight excluding hydrogens is 256 g/mol. The molecule has 0 bridgehead atoms. The third kappa shape index (κ3) is 2.95. The van der Waals surface area contributed by atoms with Crippen LogP contribution in [-0.4, -0.2) is 20.4 Å². The first-order valence-electron chi connectivity index (χ1n) is 4.76. The molecule has 7 heteroatoms. The molecule has 0 unspecified atom stereocenters. The van der Waals surface area contributed by atoms with Crippen molar-refractivity contribution in [2.75, 3.05) is 0 Å². The maximum absolute atomic E-state index is 8.70. The molecule has 0 aliphatic rings. The monoisotopic (exact) mass is 266 g/mol. The largest absolute Gasteiger partial charge is 0.409 e. The van der Waals surface area contributed by atoms with E-state index in [2.05, 4.69) is 14.5 Å². The number of amidine groups is 1. The molecule has 0 radical (unpaired) electrons. The molecule has 17 heavy (non-hydrogen) atoms. The topological polar surface area (TPSA) is 84.4 Å². The van der Waals surface area contributed by atoms with Crippen LogP contribution < -0.4 is 5.73 Å². The van der Waals surface area contributed by atoms with E-state index in [-0.39, 0.29) is 5.84 Å². The molecule has 0 aliphatic carbocycles. The number of hydrogen-bond donors (Lipinski definition) is 2. The van der Waals surface area contributed by atoms with Gasteiger partial charge in [-0.1, -0.05) is 41.2 Å². The van der Waals surface area contributed by atoms with Gasteiger partial charge in [-0.05, 0) is 17.1 Å². The second kappa shape index (κ2) is 5.65. The fourth-order valence-electron chi connectivity index (χ4n) is 1.32. The summed E-state index contributed by atoms with van der Waals surface area (Å²) in [5.41, 5.74) is 7.35. The summed E-state index contributed by atoms with van der Waals surface area (Å²) in [6, 6.07) is 7.54. The summed E-state index contributed by atoms with van der Waals surface area (Å²) in [5, 5.41) is 11.7. The van der Waals surface area contributed by atoms with E-state index in [0.717, 1.165) is 15.5 Å². The lowest BCUT2D eigenvalue weighted by Crippen LogP contribution is -2.15. The second-order valence-electron chi connectivity index (χ2n) is 3.14. The van der Waals surface area contributed by atoms with Gasteiger partial charge in [0, 0.05) is 11.3 Å². The number of thioether (sulfide) groups is 1. The number of oxime groups is 1. The van der Waals surface area contributed by atoms with Gasteiger partial charge in [-0.15, -0.1) is 0 Å². The Morgan fingerprint density at radius 1 is 1.47 bits per heavy atom. The van der Waals surface area contributed by atoms with Crippen LogP contribution in [0, 0.1) is 0 Å². The van der Waals surface area contributed by atoms with Crippen molar-refractivity contribution >= 4 is 29.1 Å². The maximum atomic E-state index is 8.70. The summed E-state index contributed by atoms with van der Waals surface area (Å²) in [6.45, 7) is 0. The molecule has 1 heterocycles. The van der Waals surface area contributed by atoms with Crippen LogP contribution in [0.1, 0.15) is 11.1 Å². The van der Waals surface area contributed by atoms with Crippen molar-refractivity contribution in [2.24, 2.45) is 10.9 Å². The number of benzene rings is 1. The first kappa shape index (κ1) is 11.9. The van der Waals surface area contributed by atoms with Crippen molar-refractivity contribution in [1.82, 2.24) is 9.36 Å². The average Bonchev–Trinajstić information content (AvgIpc) is 2.89. The molecule has 3 N–H and O–H groups in total. The van der Waals surface area contributed by atoms with Crippen LogP contribution in [0.5, 0.6) is 0 Å². The van der Waals surface area contributed by atoms with E-state index < -0.39 is 0 Å². The summed E-state index contributed by atoms with van der Waals surface area (Å²) in [7, 11) is 0. The molecule has 0 saturated heterocycles. The van der Waals surface area contributed by atoms with Gasteiger partial charge in [0.1, 0.15) is 6.33 Å². The minimum Gasteiger partial charge on any atom is -0.409 e. The van der Waals surface area contributed by atoms with Crippen LogP contribution in [0.3, 0.4) is 0 Å². The first-order chi connectivity index (χ1) is 8.31. The third-order valence-corrected chi connectivity index (χ3v) is 3.94. The quantitative estimate of drug-likeness (QED) is 0.290. The van der Waals surface area contributed by atoms with Crippen molar-refractivity contribution in [2.45, 2.75) is 10.1 Å². The van der Waals surface area contributed by atoms with E-state index in [1.165, 1.54) is 17.9 Å². The summed E-state index contributed by atoms with van der Waals surface area (Å²) >= 11 is 2.93. The van der Waals surface area contributed by atoms with Gasteiger partial charge in [0.15, 0.2) is 10.2 Å². The zero-order valence-corrected chi connectivity index (χ0v) is 10.4. The van der Waals surface area contributed by atoms with Crippen molar-refractivity contribution in [3.63, 3.8) is 0 Å². The Bertz CT molecular complexity index is 513. The van der Waals surface area contributed by atoms with E-state index in [4.69, 9.17) is 10.9 Å². The van der Waals surface area contributed by atoms with Crippen molar-refractivity contribution < 1.29 is 5.21 Å². The highest BCUT2D eigenvalue weighted by Crippen LogP contribution is 2.24. The van der Waals surface area contributed by atoms with Gasteiger partial charge in [0.05, 0.1) is 0 Å².